The highest BCUT2D eigenvalue weighted by atomic mass is 16.5. The molecular weight excluding hydrogens is 206 g/mol. The Morgan fingerprint density at radius 1 is 1.44 bits per heavy atom. The van der Waals surface area contributed by atoms with Gasteiger partial charge < -0.3 is 19.6 Å². The van der Waals surface area contributed by atoms with E-state index in [9.17, 15) is 5.11 Å². The molecule has 1 aromatic heterocycles. The molecule has 1 aromatic rings. The Hall–Kier alpha value is -0.840. The second kappa shape index (κ2) is 5.48. The summed E-state index contributed by atoms with van der Waals surface area (Å²) in [7, 11) is 1.65. The van der Waals surface area contributed by atoms with Crippen LogP contribution in [0.2, 0.25) is 0 Å². The normalized spacial score (nSPS) is 25.1. The van der Waals surface area contributed by atoms with Crippen molar-refractivity contribution in [3.63, 3.8) is 0 Å². The minimum atomic E-state index is -0.201. The van der Waals surface area contributed by atoms with Crippen LogP contribution in [0.5, 0.6) is 0 Å². The predicted octanol–water partition coefficient (Wildman–Crippen LogP) is 1.43. The molecule has 2 rings (SSSR count). The molecule has 16 heavy (non-hydrogen) atoms. The second-order valence-electron chi connectivity index (χ2n) is 4.29. The number of hydrogen-bond acceptors (Lipinski definition) is 4. The Morgan fingerprint density at radius 2 is 2.25 bits per heavy atom. The summed E-state index contributed by atoms with van der Waals surface area (Å²) < 4.78 is 10.5. The van der Waals surface area contributed by atoms with Crippen LogP contribution in [-0.4, -0.2) is 24.4 Å². The first-order valence-corrected chi connectivity index (χ1v) is 5.77. The first kappa shape index (κ1) is 11.6. The molecule has 0 bridgehead atoms. The third-order valence-corrected chi connectivity index (χ3v) is 3.02. The van der Waals surface area contributed by atoms with Gasteiger partial charge in [-0.2, -0.15) is 0 Å². The van der Waals surface area contributed by atoms with E-state index < -0.39 is 0 Å². The van der Waals surface area contributed by atoms with Gasteiger partial charge in [0.2, 0.25) is 0 Å². The van der Waals surface area contributed by atoms with Gasteiger partial charge in [-0.3, -0.25) is 0 Å². The lowest BCUT2D eigenvalue weighted by molar-refractivity contribution is 0.145. The van der Waals surface area contributed by atoms with E-state index in [-0.39, 0.29) is 12.1 Å². The van der Waals surface area contributed by atoms with Gasteiger partial charge in [-0.1, -0.05) is 0 Å². The summed E-state index contributed by atoms with van der Waals surface area (Å²) in [6.45, 7) is 1.18. The Bertz CT molecular complexity index is 324. The Kier molecular flexibility index (Phi) is 3.98. The molecule has 90 valence electrons. The first-order chi connectivity index (χ1) is 7.79. The largest absolute Gasteiger partial charge is 0.462 e. The van der Waals surface area contributed by atoms with E-state index in [2.05, 4.69) is 5.32 Å². The monoisotopic (exact) mass is 225 g/mol. The molecule has 0 aromatic carbocycles. The molecule has 2 atom stereocenters. The maximum absolute atomic E-state index is 9.64. The van der Waals surface area contributed by atoms with Gasteiger partial charge in [0, 0.05) is 13.2 Å². The molecule has 1 saturated carbocycles. The predicted molar refractivity (Wildman–Crippen MR) is 59.9 cm³/mol. The third-order valence-electron chi connectivity index (χ3n) is 3.02. The average Bonchev–Trinajstić information content (AvgIpc) is 2.86. The summed E-state index contributed by atoms with van der Waals surface area (Å²) in [5.74, 6) is 1.73. The van der Waals surface area contributed by atoms with Crippen molar-refractivity contribution in [1.82, 2.24) is 5.32 Å². The molecule has 2 N–H and O–H groups in total. The van der Waals surface area contributed by atoms with Crippen molar-refractivity contribution >= 4 is 0 Å². The summed E-state index contributed by atoms with van der Waals surface area (Å²) in [4.78, 5) is 0. The lowest BCUT2D eigenvalue weighted by Crippen LogP contribution is -2.34. The van der Waals surface area contributed by atoms with Gasteiger partial charge in [0.05, 0.1) is 12.6 Å². The second-order valence-corrected chi connectivity index (χ2v) is 4.29. The van der Waals surface area contributed by atoms with Crippen molar-refractivity contribution < 1.29 is 14.3 Å². The highest BCUT2D eigenvalue weighted by molar-refractivity contribution is 5.06. The topological polar surface area (TPSA) is 54.6 Å². The van der Waals surface area contributed by atoms with E-state index in [0.717, 1.165) is 30.8 Å². The fourth-order valence-electron chi connectivity index (χ4n) is 2.15. The molecule has 1 aliphatic rings. The molecule has 1 heterocycles. The standard InChI is InChI=1S/C12H19NO3/c1-15-8-10-6-5-9(16-10)7-13-11-3-2-4-12(11)14/h5-6,11-14H,2-4,7-8H2,1H3. The van der Waals surface area contributed by atoms with Crippen molar-refractivity contribution in [2.75, 3.05) is 7.11 Å². The maximum atomic E-state index is 9.64. The number of aliphatic hydroxyl groups excluding tert-OH is 1. The molecule has 1 aliphatic carbocycles. The van der Waals surface area contributed by atoms with Crippen LogP contribution in [0.25, 0.3) is 0 Å². The van der Waals surface area contributed by atoms with E-state index in [1.807, 2.05) is 12.1 Å². The van der Waals surface area contributed by atoms with Crippen LogP contribution >= 0.6 is 0 Å². The van der Waals surface area contributed by atoms with Gasteiger partial charge in [0.25, 0.3) is 0 Å². The van der Waals surface area contributed by atoms with Gasteiger partial charge in [-0.15, -0.1) is 0 Å². The maximum Gasteiger partial charge on any atom is 0.129 e. The van der Waals surface area contributed by atoms with Crippen LogP contribution in [0.3, 0.4) is 0 Å². The van der Waals surface area contributed by atoms with Crippen LogP contribution in [-0.2, 0) is 17.9 Å². The third kappa shape index (κ3) is 2.84. The van der Waals surface area contributed by atoms with E-state index >= 15 is 0 Å². The fraction of sp³-hybridized carbons (Fsp3) is 0.667. The Morgan fingerprint density at radius 3 is 2.94 bits per heavy atom. The summed E-state index contributed by atoms with van der Waals surface area (Å²) in [5.41, 5.74) is 0. The molecule has 1 fully saturated rings. The molecule has 4 nitrogen and oxygen atoms in total. The van der Waals surface area contributed by atoms with Crippen molar-refractivity contribution in [1.29, 1.82) is 0 Å². The Labute approximate surface area is 95.6 Å². The number of aliphatic hydroxyl groups is 1. The molecule has 2 unspecified atom stereocenters. The van der Waals surface area contributed by atoms with Gasteiger partial charge in [0.15, 0.2) is 0 Å². The number of hydrogen-bond donors (Lipinski definition) is 2. The molecular formula is C12H19NO3. The van der Waals surface area contributed by atoms with Gasteiger partial charge in [0.1, 0.15) is 18.1 Å². The smallest absolute Gasteiger partial charge is 0.129 e. The molecule has 0 amide bonds. The SMILES string of the molecule is COCc1ccc(CNC2CCCC2O)o1. The average molecular weight is 225 g/mol. The van der Waals surface area contributed by atoms with Crippen molar-refractivity contribution in [3.8, 4) is 0 Å². The Balaban J connectivity index is 1.80. The first-order valence-electron chi connectivity index (χ1n) is 5.77. The summed E-state index contributed by atoms with van der Waals surface area (Å²) >= 11 is 0. The molecule has 0 saturated heterocycles. The van der Waals surface area contributed by atoms with Crippen LogP contribution in [0.15, 0.2) is 16.5 Å². The van der Waals surface area contributed by atoms with E-state index in [4.69, 9.17) is 9.15 Å². The van der Waals surface area contributed by atoms with Crippen molar-refractivity contribution in [3.05, 3.63) is 23.7 Å². The van der Waals surface area contributed by atoms with E-state index in [1.165, 1.54) is 0 Å². The van der Waals surface area contributed by atoms with Crippen LogP contribution in [0, 0.1) is 0 Å². The number of nitrogens with one attached hydrogen (secondary N) is 1. The minimum absolute atomic E-state index is 0.201. The number of furan rings is 1. The van der Waals surface area contributed by atoms with Gasteiger partial charge in [-0.25, -0.2) is 0 Å². The molecule has 4 heteroatoms. The van der Waals surface area contributed by atoms with E-state index in [1.54, 1.807) is 7.11 Å². The molecule has 0 spiro atoms. The van der Waals surface area contributed by atoms with Crippen LogP contribution in [0.4, 0.5) is 0 Å². The number of methoxy groups -OCH3 is 1. The number of rotatable bonds is 5. The number of ether oxygens (including phenoxy) is 1. The molecule has 0 radical (unpaired) electrons. The lowest BCUT2D eigenvalue weighted by atomic mass is 10.2. The van der Waals surface area contributed by atoms with Gasteiger partial charge in [-0.05, 0) is 31.4 Å². The zero-order chi connectivity index (χ0) is 11.4. The highest BCUT2D eigenvalue weighted by Gasteiger charge is 2.24. The summed E-state index contributed by atoms with van der Waals surface area (Å²) in [6, 6.07) is 4.09. The van der Waals surface area contributed by atoms with Crippen LogP contribution < -0.4 is 5.32 Å². The van der Waals surface area contributed by atoms with Crippen molar-refractivity contribution in [2.24, 2.45) is 0 Å². The summed E-state index contributed by atoms with van der Waals surface area (Å²) in [5, 5.41) is 13.0. The van der Waals surface area contributed by atoms with E-state index in [0.29, 0.717) is 13.2 Å². The van der Waals surface area contributed by atoms with Crippen molar-refractivity contribution in [2.45, 2.75) is 44.6 Å². The lowest BCUT2D eigenvalue weighted by Gasteiger charge is -2.15. The summed E-state index contributed by atoms with van der Waals surface area (Å²) in [6.07, 6.45) is 2.86. The highest BCUT2D eigenvalue weighted by Crippen LogP contribution is 2.19. The molecule has 0 aliphatic heterocycles. The minimum Gasteiger partial charge on any atom is -0.462 e. The van der Waals surface area contributed by atoms with Crippen LogP contribution in [0.1, 0.15) is 30.8 Å². The fourth-order valence-corrected chi connectivity index (χ4v) is 2.15. The zero-order valence-corrected chi connectivity index (χ0v) is 9.61. The quantitative estimate of drug-likeness (QED) is 0.796. The zero-order valence-electron chi connectivity index (χ0n) is 9.61. The van der Waals surface area contributed by atoms with Gasteiger partial charge >= 0.3 is 0 Å².